The van der Waals surface area contributed by atoms with Gasteiger partial charge >= 0.3 is 17.9 Å². The Kier molecular flexibility index (Phi) is 15.7. The second kappa shape index (κ2) is 20.1. The molecule has 0 spiro atoms. The normalized spacial score (nSPS) is 13.1. The van der Waals surface area contributed by atoms with E-state index in [0.717, 1.165) is 0 Å². The van der Waals surface area contributed by atoms with Crippen molar-refractivity contribution in [1.82, 2.24) is 21.3 Å². The fraction of sp³-hybridized carbons (Fsp3) is 0.306. The van der Waals surface area contributed by atoms with E-state index in [9.17, 15) is 43.8 Å². The smallest absolute Gasteiger partial charge is 0.327 e. The molecule has 0 bridgehead atoms. The van der Waals surface area contributed by atoms with Gasteiger partial charge in [-0.15, -0.1) is 0 Å². The predicted octanol–water partition coefficient (Wildman–Crippen LogP) is 1.74. The van der Waals surface area contributed by atoms with E-state index in [2.05, 4.69) is 33.9 Å². The summed E-state index contributed by atoms with van der Waals surface area (Å²) < 4.78 is 0. The summed E-state index contributed by atoms with van der Waals surface area (Å²) in [5, 5.41) is 38.1. The number of nitrogens with one attached hydrogen (secondary N) is 4. The molecule has 0 aromatic heterocycles. The zero-order chi connectivity index (χ0) is 37.3. The van der Waals surface area contributed by atoms with Gasteiger partial charge in [-0.2, -0.15) is 12.6 Å². The number of hydrogen-bond acceptors (Lipinski definition) is 8. The van der Waals surface area contributed by atoms with Gasteiger partial charge in [0.05, 0.1) is 6.42 Å². The van der Waals surface area contributed by atoms with Crippen LogP contribution in [0.3, 0.4) is 0 Å². The van der Waals surface area contributed by atoms with Crippen molar-refractivity contribution in [2.24, 2.45) is 0 Å². The number of amides is 4. The van der Waals surface area contributed by atoms with Gasteiger partial charge in [-0.3, -0.25) is 28.8 Å². The molecule has 51 heavy (non-hydrogen) atoms. The quantitative estimate of drug-likeness (QED) is 0.0789. The van der Waals surface area contributed by atoms with Crippen molar-refractivity contribution in [1.29, 1.82) is 0 Å². The molecule has 3 aromatic rings. The molecule has 0 saturated heterocycles. The highest BCUT2D eigenvalue weighted by Crippen LogP contribution is 2.29. The van der Waals surface area contributed by atoms with Crippen LogP contribution in [-0.4, -0.2) is 86.8 Å². The second-order valence-corrected chi connectivity index (χ2v) is 11.9. The summed E-state index contributed by atoms with van der Waals surface area (Å²) in [6.45, 7) is 0. The van der Waals surface area contributed by atoms with Crippen LogP contribution >= 0.6 is 12.6 Å². The number of thiol groups is 1. The third kappa shape index (κ3) is 12.9. The third-order valence-electron chi connectivity index (χ3n) is 7.81. The summed E-state index contributed by atoms with van der Waals surface area (Å²) in [7, 11) is 0. The summed E-state index contributed by atoms with van der Waals surface area (Å²) in [6, 6.07) is 20.2. The van der Waals surface area contributed by atoms with Gasteiger partial charge < -0.3 is 36.6 Å². The lowest BCUT2D eigenvalue weighted by Crippen LogP contribution is -2.59. The Morgan fingerprint density at radius 3 is 1.51 bits per heavy atom. The lowest BCUT2D eigenvalue weighted by Gasteiger charge is -2.30. The molecule has 0 heterocycles. The number of carboxylic acids is 3. The van der Waals surface area contributed by atoms with Crippen molar-refractivity contribution < 1.29 is 48.9 Å². The van der Waals surface area contributed by atoms with Crippen molar-refractivity contribution in [2.45, 2.75) is 62.2 Å². The van der Waals surface area contributed by atoms with Gasteiger partial charge in [0.1, 0.15) is 24.2 Å². The average molecular weight is 721 g/mol. The molecular formula is C36H40N4O10S. The van der Waals surface area contributed by atoms with Gasteiger partial charge in [0.15, 0.2) is 0 Å². The number of benzene rings is 3. The van der Waals surface area contributed by atoms with E-state index < -0.39 is 97.3 Å². The third-order valence-corrected chi connectivity index (χ3v) is 8.17. The Labute approximate surface area is 299 Å². The van der Waals surface area contributed by atoms with Crippen LogP contribution < -0.4 is 21.3 Å². The Bertz CT molecular complexity index is 1620. The molecule has 0 fully saturated rings. The number of carbonyl (C=O) groups excluding carboxylic acids is 4. The Morgan fingerprint density at radius 2 is 1.02 bits per heavy atom. The maximum Gasteiger partial charge on any atom is 0.327 e. The minimum atomic E-state index is -1.54. The molecule has 0 unspecified atom stereocenters. The van der Waals surface area contributed by atoms with E-state index in [1.165, 1.54) is 0 Å². The molecular weight excluding hydrogens is 680 g/mol. The number of aliphatic carboxylic acids is 3. The van der Waals surface area contributed by atoms with Gasteiger partial charge in [0.2, 0.25) is 23.6 Å². The highest BCUT2D eigenvalue weighted by Gasteiger charge is 2.36. The molecule has 3 aromatic carbocycles. The van der Waals surface area contributed by atoms with Gasteiger partial charge in [-0.05, 0) is 23.1 Å². The van der Waals surface area contributed by atoms with E-state index in [0.29, 0.717) is 16.7 Å². The summed E-state index contributed by atoms with van der Waals surface area (Å²) in [5.74, 6) is -8.36. The minimum Gasteiger partial charge on any atom is -0.481 e. The van der Waals surface area contributed by atoms with E-state index in [-0.39, 0.29) is 12.2 Å². The largest absolute Gasteiger partial charge is 0.481 e. The Morgan fingerprint density at radius 1 is 0.549 bits per heavy atom. The molecule has 15 heteroatoms. The second-order valence-electron chi connectivity index (χ2n) is 11.6. The van der Waals surface area contributed by atoms with Crippen molar-refractivity contribution in [3.8, 4) is 0 Å². The average Bonchev–Trinajstić information content (AvgIpc) is 3.11. The van der Waals surface area contributed by atoms with Crippen LogP contribution in [0.1, 0.15) is 48.3 Å². The first-order valence-corrected chi connectivity index (χ1v) is 16.6. The lowest BCUT2D eigenvalue weighted by molar-refractivity contribution is -0.141. The predicted molar refractivity (Wildman–Crippen MR) is 188 cm³/mol. The van der Waals surface area contributed by atoms with E-state index in [1.807, 2.05) is 0 Å². The number of hydrogen-bond donors (Lipinski definition) is 8. The number of rotatable bonds is 20. The zero-order valence-electron chi connectivity index (χ0n) is 27.4. The summed E-state index contributed by atoms with van der Waals surface area (Å²) in [5.41, 5.74) is 1.82. The minimum absolute atomic E-state index is 0.0801. The van der Waals surface area contributed by atoms with Crippen LogP contribution in [0.25, 0.3) is 0 Å². The van der Waals surface area contributed by atoms with Crippen LogP contribution in [-0.2, 0) is 40.0 Å². The standard InChI is InChI=1S/C36H40N4O10S/c41-28(17-19-30(44)45)40-32(31(23-12-6-2-7-13-23)24-14-8-3-9-15-24)35(48)37-25(16-18-29(42)43)33(46)38-26(20-22-10-4-1-5-11-22)34(47)39-27(21-51)36(49)50/h1-15,25-27,31-32,51H,16-21H2,(H,37,48)(H,38,46)(H,39,47)(H,40,41)(H,42,43)(H,44,45)(H,49,50)/t25-,26-,27-,32-/m0/s1. The van der Waals surface area contributed by atoms with E-state index in [4.69, 9.17) is 5.11 Å². The van der Waals surface area contributed by atoms with Crippen LogP contribution in [0.5, 0.6) is 0 Å². The fourth-order valence-electron chi connectivity index (χ4n) is 5.25. The first kappa shape index (κ1) is 39.7. The molecule has 4 amide bonds. The Balaban J connectivity index is 1.99. The van der Waals surface area contributed by atoms with Crippen LogP contribution in [0, 0.1) is 0 Å². The molecule has 0 saturated carbocycles. The molecule has 0 aliphatic carbocycles. The zero-order valence-corrected chi connectivity index (χ0v) is 28.3. The number of carbonyl (C=O) groups is 7. The first-order chi connectivity index (χ1) is 24.4. The maximum absolute atomic E-state index is 14.2. The maximum atomic E-state index is 14.2. The fourth-order valence-corrected chi connectivity index (χ4v) is 5.50. The highest BCUT2D eigenvalue weighted by atomic mass is 32.1. The summed E-state index contributed by atoms with van der Waals surface area (Å²) in [6.07, 6.45) is -2.01. The Hall–Kier alpha value is -5.70. The molecule has 0 radical (unpaired) electrons. The van der Waals surface area contributed by atoms with Crippen molar-refractivity contribution >= 4 is 54.2 Å². The van der Waals surface area contributed by atoms with Gasteiger partial charge in [-0.1, -0.05) is 91.0 Å². The van der Waals surface area contributed by atoms with E-state index in [1.54, 1.807) is 91.0 Å². The van der Waals surface area contributed by atoms with Gasteiger partial charge in [-0.25, -0.2) is 4.79 Å². The number of carboxylic acid groups (broad SMARTS) is 3. The van der Waals surface area contributed by atoms with Gasteiger partial charge in [0, 0.05) is 30.9 Å². The summed E-state index contributed by atoms with van der Waals surface area (Å²) >= 11 is 3.97. The molecule has 270 valence electrons. The molecule has 3 rings (SSSR count). The molecule has 0 aliphatic rings. The SMILES string of the molecule is O=C(O)CCC(=O)N[C@H](C(=O)N[C@@H](CCC(=O)O)C(=O)N[C@@H](Cc1ccccc1)C(=O)N[C@@H](CS)C(=O)O)C(c1ccccc1)c1ccccc1. The highest BCUT2D eigenvalue weighted by molar-refractivity contribution is 7.80. The van der Waals surface area contributed by atoms with Crippen LogP contribution in [0.2, 0.25) is 0 Å². The lowest BCUT2D eigenvalue weighted by atomic mass is 9.84. The van der Waals surface area contributed by atoms with Crippen LogP contribution in [0.15, 0.2) is 91.0 Å². The van der Waals surface area contributed by atoms with Crippen molar-refractivity contribution in [2.75, 3.05) is 5.75 Å². The molecule has 14 nitrogen and oxygen atoms in total. The topological polar surface area (TPSA) is 228 Å². The van der Waals surface area contributed by atoms with Crippen molar-refractivity contribution in [3.05, 3.63) is 108 Å². The summed E-state index contributed by atoms with van der Waals surface area (Å²) in [4.78, 5) is 88.8. The molecule has 7 N–H and O–H groups in total. The van der Waals surface area contributed by atoms with Crippen LogP contribution in [0.4, 0.5) is 0 Å². The van der Waals surface area contributed by atoms with Gasteiger partial charge in [0.25, 0.3) is 0 Å². The first-order valence-electron chi connectivity index (χ1n) is 16.0. The molecule has 4 atom stereocenters. The van der Waals surface area contributed by atoms with Crippen molar-refractivity contribution in [3.63, 3.8) is 0 Å². The molecule has 0 aliphatic heterocycles. The monoisotopic (exact) mass is 720 g/mol. The van der Waals surface area contributed by atoms with E-state index >= 15 is 0 Å².